The van der Waals surface area contributed by atoms with Crippen LogP contribution in [0.15, 0.2) is 24.3 Å². The smallest absolute Gasteiger partial charge is 0.202 e. The minimum absolute atomic E-state index is 0.0163. The molecule has 0 bridgehead atoms. The third kappa shape index (κ3) is 2.07. The van der Waals surface area contributed by atoms with Crippen molar-refractivity contribution in [1.29, 1.82) is 0 Å². The molecule has 1 unspecified atom stereocenters. The summed E-state index contributed by atoms with van der Waals surface area (Å²) >= 11 is 0. The van der Waals surface area contributed by atoms with E-state index >= 15 is 0 Å². The van der Waals surface area contributed by atoms with Gasteiger partial charge in [-0.25, -0.2) is 0 Å². The van der Waals surface area contributed by atoms with E-state index in [2.05, 4.69) is 26.0 Å². The fourth-order valence-electron chi connectivity index (χ4n) is 1.41. The summed E-state index contributed by atoms with van der Waals surface area (Å²) in [4.78, 5) is 0. The van der Waals surface area contributed by atoms with E-state index in [-0.39, 0.29) is 6.29 Å². The van der Waals surface area contributed by atoms with E-state index in [0.29, 0.717) is 5.92 Å². The Hall–Kier alpha value is -1.02. The van der Waals surface area contributed by atoms with Crippen molar-refractivity contribution in [1.82, 2.24) is 0 Å². The van der Waals surface area contributed by atoms with E-state index in [4.69, 9.17) is 9.47 Å². The summed E-state index contributed by atoms with van der Waals surface area (Å²) in [6.07, 6.45) is 0.990. The zero-order valence-electron chi connectivity index (χ0n) is 8.69. The molecule has 1 saturated heterocycles. The van der Waals surface area contributed by atoms with Crippen molar-refractivity contribution in [2.24, 2.45) is 0 Å². The Morgan fingerprint density at radius 2 is 2.21 bits per heavy atom. The van der Waals surface area contributed by atoms with Crippen molar-refractivity contribution >= 4 is 0 Å². The van der Waals surface area contributed by atoms with Crippen LogP contribution in [0.1, 0.15) is 31.7 Å². The third-order valence-corrected chi connectivity index (χ3v) is 2.45. The van der Waals surface area contributed by atoms with Crippen molar-refractivity contribution in [2.45, 2.75) is 32.5 Å². The summed E-state index contributed by atoms with van der Waals surface area (Å²) in [6.45, 7) is 5.19. The van der Waals surface area contributed by atoms with Gasteiger partial charge in [0.05, 0.1) is 6.61 Å². The number of rotatable bonds is 3. The Bertz CT molecular complexity index is 303. The van der Waals surface area contributed by atoms with Crippen LogP contribution in [0, 0.1) is 0 Å². The highest BCUT2D eigenvalue weighted by Gasteiger charge is 2.19. The summed E-state index contributed by atoms with van der Waals surface area (Å²) in [6, 6.07) is 8.22. The molecule has 1 aliphatic rings. The minimum Gasteiger partial charge on any atom is -0.465 e. The molecule has 0 spiro atoms. The Balaban J connectivity index is 2.05. The van der Waals surface area contributed by atoms with Crippen LogP contribution >= 0.6 is 0 Å². The lowest BCUT2D eigenvalue weighted by molar-refractivity contribution is -0.165. The minimum atomic E-state index is -0.0163. The average molecular weight is 192 g/mol. The zero-order chi connectivity index (χ0) is 9.97. The van der Waals surface area contributed by atoms with Gasteiger partial charge in [0, 0.05) is 6.42 Å². The average Bonchev–Trinajstić information content (AvgIpc) is 2.12. The second-order valence-electron chi connectivity index (χ2n) is 3.93. The molecule has 2 heteroatoms. The molecule has 0 amide bonds. The first-order valence-corrected chi connectivity index (χ1v) is 5.14. The van der Waals surface area contributed by atoms with E-state index in [1.165, 1.54) is 5.56 Å². The van der Waals surface area contributed by atoms with Crippen LogP contribution in [-0.2, 0) is 4.74 Å². The number of hydrogen-bond acceptors (Lipinski definition) is 2. The molecule has 2 nitrogen and oxygen atoms in total. The van der Waals surface area contributed by atoms with Crippen LogP contribution in [0.25, 0.3) is 0 Å². The van der Waals surface area contributed by atoms with E-state index < -0.39 is 0 Å². The van der Waals surface area contributed by atoms with Gasteiger partial charge >= 0.3 is 0 Å². The van der Waals surface area contributed by atoms with Gasteiger partial charge < -0.3 is 9.47 Å². The number of benzene rings is 1. The predicted octanol–water partition coefficient (Wildman–Crippen LogP) is 2.94. The van der Waals surface area contributed by atoms with Gasteiger partial charge in [-0.3, -0.25) is 0 Å². The van der Waals surface area contributed by atoms with Crippen LogP contribution in [0.3, 0.4) is 0 Å². The topological polar surface area (TPSA) is 18.5 Å². The molecule has 1 heterocycles. The lowest BCUT2D eigenvalue weighted by Crippen LogP contribution is -2.32. The van der Waals surface area contributed by atoms with Gasteiger partial charge in [0.1, 0.15) is 5.75 Å². The molecule has 2 rings (SSSR count). The van der Waals surface area contributed by atoms with E-state index in [1.54, 1.807) is 0 Å². The second-order valence-corrected chi connectivity index (χ2v) is 3.93. The summed E-state index contributed by atoms with van der Waals surface area (Å²) in [5.41, 5.74) is 1.31. The van der Waals surface area contributed by atoms with Crippen LogP contribution < -0.4 is 4.74 Å². The standard InChI is InChI=1S/C12H16O2/c1-9(2)10-4-3-5-11(8-10)14-12-6-7-13-12/h3-5,8-9,12H,6-7H2,1-2H3. The summed E-state index contributed by atoms with van der Waals surface area (Å²) in [5, 5.41) is 0. The van der Waals surface area contributed by atoms with Gasteiger partial charge in [0.15, 0.2) is 0 Å². The van der Waals surface area contributed by atoms with Crippen molar-refractivity contribution in [3.63, 3.8) is 0 Å². The largest absolute Gasteiger partial charge is 0.465 e. The maximum absolute atomic E-state index is 5.62. The first-order valence-electron chi connectivity index (χ1n) is 5.14. The second kappa shape index (κ2) is 4.01. The van der Waals surface area contributed by atoms with Crippen molar-refractivity contribution < 1.29 is 9.47 Å². The molecule has 1 fully saturated rings. The van der Waals surface area contributed by atoms with E-state index in [9.17, 15) is 0 Å². The number of ether oxygens (including phenoxy) is 2. The van der Waals surface area contributed by atoms with Gasteiger partial charge in [0.2, 0.25) is 6.29 Å². The van der Waals surface area contributed by atoms with Gasteiger partial charge in [-0.1, -0.05) is 26.0 Å². The Kier molecular flexibility index (Phi) is 2.73. The van der Waals surface area contributed by atoms with Gasteiger partial charge in [-0.15, -0.1) is 0 Å². The Morgan fingerprint density at radius 1 is 1.43 bits per heavy atom. The molecule has 76 valence electrons. The molecule has 0 saturated carbocycles. The lowest BCUT2D eigenvalue weighted by Gasteiger charge is -2.27. The van der Waals surface area contributed by atoms with Gasteiger partial charge in [-0.05, 0) is 23.6 Å². The SMILES string of the molecule is CC(C)c1cccc(OC2CCO2)c1. The highest BCUT2D eigenvalue weighted by molar-refractivity contribution is 5.30. The maximum Gasteiger partial charge on any atom is 0.202 e. The highest BCUT2D eigenvalue weighted by atomic mass is 16.7. The first-order chi connectivity index (χ1) is 6.75. The van der Waals surface area contributed by atoms with E-state index in [0.717, 1.165) is 18.8 Å². The molecule has 0 N–H and O–H groups in total. The van der Waals surface area contributed by atoms with E-state index in [1.807, 2.05) is 12.1 Å². The lowest BCUT2D eigenvalue weighted by atomic mass is 10.0. The molecule has 0 aromatic heterocycles. The molecular formula is C12H16O2. The molecule has 1 aromatic carbocycles. The normalized spacial score (nSPS) is 20.6. The molecular weight excluding hydrogens is 176 g/mol. The van der Waals surface area contributed by atoms with Crippen LogP contribution in [0.5, 0.6) is 5.75 Å². The third-order valence-electron chi connectivity index (χ3n) is 2.45. The zero-order valence-corrected chi connectivity index (χ0v) is 8.69. The fourth-order valence-corrected chi connectivity index (χ4v) is 1.41. The maximum atomic E-state index is 5.62. The number of hydrogen-bond donors (Lipinski definition) is 0. The van der Waals surface area contributed by atoms with Crippen LogP contribution in [0.4, 0.5) is 0 Å². The van der Waals surface area contributed by atoms with Crippen molar-refractivity contribution in [3.05, 3.63) is 29.8 Å². The van der Waals surface area contributed by atoms with Crippen LogP contribution in [-0.4, -0.2) is 12.9 Å². The molecule has 0 radical (unpaired) electrons. The molecule has 0 aliphatic carbocycles. The highest BCUT2D eigenvalue weighted by Crippen LogP contribution is 2.23. The van der Waals surface area contributed by atoms with Gasteiger partial charge in [0.25, 0.3) is 0 Å². The summed E-state index contributed by atoms with van der Waals surface area (Å²) < 4.78 is 10.8. The van der Waals surface area contributed by atoms with Gasteiger partial charge in [-0.2, -0.15) is 0 Å². The quantitative estimate of drug-likeness (QED) is 0.733. The van der Waals surface area contributed by atoms with Crippen molar-refractivity contribution in [3.8, 4) is 5.75 Å². The monoisotopic (exact) mass is 192 g/mol. The van der Waals surface area contributed by atoms with Crippen molar-refractivity contribution in [2.75, 3.05) is 6.61 Å². The summed E-state index contributed by atoms with van der Waals surface area (Å²) in [5.74, 6) is 1.46. The molecule has 1 atom stereocenters. The molecule has 1 aromatic rings. The molecule has 14 heavy (non-hydrogen) atoms. The first kappa shape index (κ1) is 9.53. The predicted molar refractivity (Wildman–Crippen MR) is 55.5 cm³/mol. The fraction of sp³-hybridized carbons (Fsp3) is 0.500. The molecule has 1 aliphatic heterocycles. The summed E-state index contributed by atoms with van der Waals surface area (Å²) in [7, 11) is 0. The van der Waals surface area contributed by atoms with Crippen LogP contribution in [0.2, 0.25) is 0 Å². The Labute approximate surface area is 84.8 Å². The Morgan fingerprint density at radius 3 is 2.79 bits per heavy atom.